The van der Waals surface area contributed by atoms with E-state index in [1.54, 1.807) is 0 Å². The minimum absolute atomic E-state index is 0.0925. The lowest BCUT2D eigenvalue weighted by Crippen LogP contribution is -2.28. The lowest BCUT2D eigenvalue weighted by molar-refractivity contribution is -0.177. The van der Waals surface area contributed by atoms with Gasteiger partial charge in [-0.3, -0.25) is 0 Å². The number of aromatic amines is 1. The molecule has 1 unspecified atom stereocenters. The molecule has 0 radical (unpaired) electrons. The highest BCUT2D eigenvalue weighted by Crippen LogP contribution is 2.39. The summed E-state index contributed by atoms with van der Waals surface area (Å²) in [6.45, 7) is 0. The average molecular weight is 318 g/mol. The van der Waals surface area contributed by atoms with Crippen molar-refractivity contribution < 1.29 is 13.2 Å². The quantitative estimate of drug-likeness (QED) is 0.731. The molecule has 1 aliphatic carbocycles. The fourth-order valence-corrected chi connectivity index (χ4v) is 3.03. The van der Waals surface area contributed by atoms with Crippen LogP contribution < -0.4 is 0 Å². The molecule has 0 fully saturated rings. The second-order valence-electron chi connectivity index (χ2n) is 4.75. The maximum atomic E-state index is 12.8. The van der Waals surface area contributed by atoms with E-state index in [4.69, 9.17) is 0 Å². The van der Waals surface area contributed by atoms with Crippen LogP contribution in [0.25, 0.3) is 10.9 Å². The lowest BCUT2D eigenvalue weighted by Gasteiger charge is -2.24. The van der Waals surface area contributed by atoms with Crippen LogP contribution in [0.1, 0.15) is 17.7 Å². The van der Waals surface area contributed by atoms with Crippen LogP contribution in [0.5, 0.6) is 0 Å². The zero-order valence-corrected chi connectivity index (χ0v) is 11.0. The number of rotatable bonds is 0. The molecule has 3 rings (SSSR count). The van der Waals surface area contributed by atoms with Crippen molar-refractivity contribution in [2.45, 2.75) is 25.4 Å². The third-order valence-electron chi connectivity index (χ3n) is 3.61. The van der Waals surface area contributed by atoms with Crippen LogP contribution in [0.15, 0.2) is 22.7 Å². The van der Waals surface area contributed by atoms with Gasteiger partial charge in [-0.1, -0.05) is 15.9 Å². The van der Waals surface area contributed by atoms with Crippen molar-refractivity contribution in [1.29, 1.82) is 0 Å². The number of aromatic nitrogens is 1. The van der Waals surface area contributed by atoms with Gasteiger partial charge in [0.25, 0.3) is 0 Å². The number of nitrogens with one attached hydrogen (secondary N) is 1. The van der Waals surface area contributed by atoms with Crippen molar-refractivity contribution >= 4 is 26.8 Å². The van der Waals surface area contributed by atoms with E-state index in [2.05, 4.69) is 20.9 Å². The minimum atomic E-state index is -4.09. The third kappa shape index (κ3) is 1.94. The highest BCUT2D eigenvalue weighted by atomic mass is 79.9. The predicted molar refractivity (Wildman–Crippen MR) is 67.6 cm³/mol. The van der Waals surface area contributed by atoms with Gasteiger partial charge in [0.1, 0.15) is 0 Å². The Bertz CT molecular complexity index is 600. The monoisotopic (exact) mass is 317 g/mol. The van der Waals surface area contributed by atoms with Gasteiger partial charge in [0, 0.05) is 21.1 Å². The molecule has 1 aliphatic rings. The zero-order valence-electron chi connectivity index (χ0n) is 9.44. The molecule has 0 bridgehead atoms. The summed E-state index contributed by atoms with van der Waals surface area (Å²) < 4.78 is 39.3. The van der Waals surface area contributed by atoms with Crippen molar-refractivity contribution in [2.24, 2.45) is 5.92 Å². The zero-order chi connectivity index (χ0) is 12.9. The van der Waals surface area contributed by atoms with E-state index in [-0.39, 0.29) is 12.8 Å². The van der Waals surface area contributed by atoms with Gasteiger partial charge in [-0.25, -0.2) is 0 Å². The molecule has 1 aromatic heterocycles. The summed E-state index contributed by atoms with van der Waals surface area (Å²) in [4.78, 5) is 3.23. The Hall–Kier alpha value is -0.970. The highest BCUT2D eigenvalue weighted by molar-refractivity contribution is 9.10. The first-order valence-corrected chi connectivity index (χ1v) is 6.60. The number of fused-ring (bicyclic) bond motifs is 3. The van der Waals surface area contributed by atoms with E-state index in [0.29, 0.717) is 6.42 Å². The van der Waals surface area contributed by atoms with Crippen molar-refractivity contribution in [3.05, 3.63) is 33.9 Å². The normalized spacial score (nSPS) is 20.1. The molecule has 1 heterocycles. The molecule has 0 aliphatic heterocycles. The molecule has 0 saturated heterocycles. The molecule has 1 atom stereocenters. The van der Waals surface area contributed by atoms with Crippen LogP contribution in [0, 0.1) is 5.92 Å². The van der Waals surface area contributed by atoms with E-state index in [1.165, 1.54) is 0 Å². The van der Waals surface area contributed by atoms with E-state index < -0.39 is 12.1 Å². The van der Waals surface area contributed by atoms with E-state index in [9.17, 15) is 13.2 Å². The van der Waals surface area contributed by atoms with Crippen molar-refractivity contribution in [3.63, 3.8) is 0 Å². The average Bonchev–Trinajstić information content (AvgIpc) is 2.65. The Kier molecular flexibility index (Phi) is 2.70. The molecule has 18 heavy (non-hydrogen) atoms. The molecule has 96 valence electrons. The fraction of sp³-hybridized carbons (Fsp3) is 0.385. The van der Waals surface area contributed by atoms with E-state index >= 15 is 0 Å². The SMILES string of the molecule is FC(F)(F)C1CCc2[nH]c3ccc(Br)cc3c2C1. The summed E-state index contributed by atoms with van der Waals surface area (Å²) in [5.41, 5.74) is 2.72. The summed E-state index contributed by atoms with van der Waals surface area (Å²) in [5.74, 6) is -1.21. The molecule has 0 saturated carbocycles. The standard InChI is InChI=1S/C13H11BrF3N/c14-8-2-4-12-10(6-8)9-5-7(13(15,16)17)1-3-11(9)18-12/h2,4,6-7,18H,1,3,5H2. The van der Waals surface area contributed by atoms with Crippen LogP contribution in [0.2, 0.25) is 0 Å². The topological polar surface area (TPSA) is 15.8 Å². The number of alkyl halides is 3. The Labute approximate surface area is 111 Å². The Balaban J connectivity index is 2.08. The highest BCUT2D eigenvalue weighted by Gasteiger charge is 2.41. The molecule has 1 aromatic carbocycles. The fourth-order valence-electron chi connectivity index (χ4n) is 2.67. The lowest BCUT2D eigenvalue weighted by atomic mass is 9.86. The van der Waals surface area contributed by atoms with Crippen molar-refractivity contribution in [3.8, 4) is 0 Å². The molecule has 0 spiro atoms. The Morgan fingerprint density at radius 2 is 2.06 bits per heavy atom. The van der Waals surface area contributed by atoms with Crippen LogP contribution in [0.4, 0.5) is 13.2 Å². The van der Waals surface area contributed by atoms with Crippen LogP contribution in [-0.2, 0) is 12.8 Å². The van der Waals surface area contributed by atoms with Crippen molar-refractivity contribution in [1.82, 2.24) is 4.98 Å². The first-order chi connectivity index (χ1) is 8.45. The largest absolute Gasteiger partial charge is 0.392 e. The van der Waals surface area contributed by atoms with E-state index in [1.807, 2.05) is 18.2 Å². The predicted octanol–water partition coefficient (Wildman–Crippen LogP) is 4.60. The Morgan fingerprint density at radius 3 is 2.78 bits per heavy atom. The number of H-pyrrole nitrogens is 1. The number of halogens is 4. The van der Waals surface area contributed by atoms with Gasteiger partial charge in [0.05, 0.1) is 5.92 Å². The smallest absolute Gasteiger partial charge is 0.358 e. The first kappa shape index (κ1) is 12.1. The molecule has 1 N–H and O–H groups in total. The van der Waals surface area contributed by atoms with Crippen LogP contribution in [-0.4, -0.2) is 11.2 Å². The van der Waals surface area contributed by atoms with Crippen LogP contribution >= 0.6 is 15.9 Å². The van der Waals surface area contributed by atoms with Gasteiger partial charge in [0.2, 0.25) is 0 Å². The summed E-state index contributed by atoms with van der Waals surface area (Å²) >= 11 is 3.36. The minimum Gasteiger partial charge on any atom is -0.358 e. The summed E-state index contributed by atoms with van der Waals surface area (Å²) in [5, 5.41) is 0.910. The van der Waals surface area contributed by atoms with Gasteiger partial charge < -0.3 is 4.98 Å². The summed E-state index contributed by atoms with van der Waals surface area (Å²) in [6, 6.07) is 5.69. The molecule has 1 nitrogen and oxygen atoms in total. The van der Waals surface area contributed by atoms with Gasteiger partial charge in [-0.2, -0.15) is 13.2 Å². The number of hydrogen-bond acceptors (Lipinski definition) is 0. The van der Waals surface area contributed by atoms with Gasteiger partial charge >= 0.3 is 6.18 Å². The number of benzene rings is 1. The molecule has 0 amide bonds. The maximum absolute atomic E-state index is 12.8. The summed E-state index contributed by atoms with van der Waals surface area (Å²) in [7, 11) is 0. The molecule has 2 aromatic rings. The second-order valence-corrected chi connectivity index (χ2v) is 5.67. The molecular formula is C13H11BrF3N. The molecule has 5 heteroatoms. The summed E-state index contributed by atoms with van der Waals surface area (Å²) in [6.07, 6.45) is -3.33. The van der Waals surface area contributed by atoms with E-state index in [0.717, 1.165) is 26.6 Å². The maximum Gasteiger partial charge on any atom is 0.392 e. The molecular weight excluding hydrogens is 307 g/mol. The van der Waals surface area contributed by atoms with Gasteiger partial charge in [-0.05, 0) is 43.0 Å². The first-order valence-electron chi connectivity index (χ1n) is 5.81. The van der Waals surface area contributed by atoms with Crippen molar-refractivity contribution in [2.75, 3.05) is 0 Å². The Morgan fingerprint density at radius 1 is 1.28 bits per heavy atom. The van der Waals surface area contributed by atoms with Gasteiger partial charge in [-0.15, -0.1) is 0 Å². The van der Waals surface area contributed by atoms with Gasteiger partial charge in [0.15, 0.2) is 0 Å². The van der Waals surface area contributed by atoms with Crippen LogP contribution in [0.3, 0.4) is 0 Å². The third-order valence-corrected chi connectivity index (χ3v) is 4.11. The second kappa shape index (κ2) is 4.02. The number of aryl methyl sites for hydroxylation is 1. The number of hydrogen-bond donors (Lipinski definition) is 1.